The molecule has 0 aliphatic carbocycles. The molecular weight excluding hydrogens is 384 g/mol. The predicted molar refractivity (Wildman–Crippen MR) is 96.0 cm³/mol. The molecule has 21 heavy (non-hydrogen) atoms. The maximum Gasteiger partial charge on any atom is 0.188 e. The third kappa shape index (κ3) is 8.08. The minimum atomic E-state index is -0.348. The quantitative estimate of drug-likeness (QED) is 0.414. The van der Waals surface area contributed by atoms with Crippen LogP contribution in [0.25, 0.3) is 0 Å². The number of hydrogen-bond acceptors (Lipinski definition) is 2. The van der Waals surface area contributed by atoms with Gasteiger partial charge in [0.05, 0.1) is 7.11 Å². The Hall–Kier alpha value is -1.05. The standard InChI is InChI=1S/C15H24FN3O.HI/c1-11(2)6-8-18-15(17)19-9-7-12-4-5-13(16)14(10-12)20-3;/h4-5,10-11H,6-9H2,1-3H3,(H3,17,18,19);1H. The molecule has 3 N–H and O–H groups in total. The third-order valence-corrected chi connectivity index (χ3v) is 2.92. The average molecular weight is 409 g/mol. The first-order valence-electron chi connectivity index (χ1n) is 6.89. The fraction of sp³-hybridized carbons (Fsp3) is 0.533. The molecule has 0 radical (unpaired) electrons. The van der Waals surface area contributed by atoms with Gasteiger partial charge in [-0.15, -0.1) is 24.0 Å². The summed E-state index contributed by atoms with van der Waals surface area (Å²) < 4.78 is 18.2. The van der Waals surface area contributed by atoms with Gasteiger partial charge in [-0.1, -0.05) is 19.9 Å². The van der Waals surface area contributed by atoms with Gasteiger partial charge in [-0.2, -0.15) is 0 Å². The van der Waals surface area contributed by atoms with E-state index in [1.165, 1.54) is 13.2 Å². The molecule has 0 fully saturated rings. The summed E-state index contributed by atoms with van der Waals surface area (Å²) in [5.41, 5.74) is 6.75. The summed E-state index contributed by atoms with van der Waals surface area (Å²) >= 11 is 0. The zero-order valence-electron chi connectivity index (χ0n) is 12.9. The second kappa shape index (κ2) is 10.6. The minimum Gasteiger partial charge on any atom is -0.494 e. The van der Waals surface area contributed by atoms with Crippen molar-refractivity contribution in [1.29, 1.82) is 0 Å². The van der Waals surface area contributed by atoms with Crippen LogP contribution in [0.3, 0.4) is 0 Å². The molecule has 1 aromatic rings. The number of rotatable bonds is 7. The summed E-state index contributed by atoms with van der Waals surface area (Å²) in [4.78, 5) is 4.24. The van der Waals surface area contributed by atoms with Crippen molar-refractivity contribution in [2.45, 2.75) is 26.7 Å². The van der Waals surface area contributed by atoms with Crippen LogP contribution < -0.4 is 15.8 Å². The minimum absolute atomic E-state index is 0. The lowest BCUT2D eigenvalue weighted by Crippen LogP contribution is -2.33. The maximum absolute atomic E-state index is 13.2. The van der Waals surface area contributed by atoms with E-state index in [4.69, 9.17) is 10.5 Å². The molecule has 6 heteroatoms. The Labute approximate surface area is 143 Å². The molecule has 0 aromatic heterocycles. The zero-order chi connectivity index (χ0) is 15.0. The number of nitrogens with two attached hydrogens (primary N) is 1. The summed E-state index contributed by atoms with van der Waals surface area (Å²) in [5, 5.41) is 3.05. The summed E-state index contributed by atoms with van der Waals surface area (Å²) in [6.45, 7) is 5.70. The van der Waals surface area contributed by atoms with Gasteiger partial charge in [0.2, 0.25) is 0 Å². The number of nitrogens with one attached hydrogen (secondary N) is 1. The number of nitrogens with zero attached hydrogens (tertiary/aromatic N) is 1. The van der Waals surface area contributed by atoms with Gasteiger partial charge in [-0.05, 0) is 36.5 Å². The van der Waals surface area contributed by atoms with Crippen molar-refractivity contribution in [3.63, 3.8) is 0 Å². The van der Waals surface area contributed by atoms with Crippen LogP contribution in [-0.2, 0) is 6.42 Å². The fourth-order valence-corrected chi connectivity index (χ4v) is 1.69. The van der Waals surface area contributed by atoms with Crippen LogP contribution >= 0.6 is 24.0 Å². The van der Waals surface area contributed by atoms with E-state index in [2.05, 4.69) is 24.2 Å². The van der Waals surface area contributed by atoms with Crippen LogP contribution in [0.4, 0.5) is 4.39 Å². The van der Waals surface area contributed by atoms with Crippen molar-refractivity contribution in [2.75, 3.05) is 20.2 Å². The van der Waals surface area contributed by atoms with Gasteiger partial charge < -0.3 is 15.8 Å². The summed E-state index contributed by atoms with van der Waals surface area (Å²) in [6.07, 6.45) is 1.76. The molecule has 0 unspecified atom stereocenters. The highest BCUT2D eigenvalue weighted by Crippen LogP contribution is 2.18. The van der Waals surface area contributed by atoms with Gasteiger partial charge in [0.25, 0.3) is 0 Å². The van der Waals surface area contributed by atoms with Crippen LogP contribution in [0.5, 0.6) is 5.75 Å². The number of ether oxygens (including phenoxy) is 1. The predicted octanol–water partition coefficient (Wildman–Crippen LogP) is 2.95. The lowest BCUT2D eigenvalue weighted by Gasteiger charge is -2.08. The Balaban J connectivity index is 0.00000400. The number of guanidine groups is 1. The molecule has 0 aliphatic heterocycles. The van der Waals surface area contributed by atoms with E-state index < -0.39 is 0 Å². The van der Waals surface area contributed by atoms with E-state index in [0.717, 1.165) is 24.9 Å². The van der Waals surface area contributed by atoms with Gasteiger partial charge in [-0.25, -0.2) is 4.39 Å². The Morgan fingerprint density at radius 2 is 2.14 bits per heavy atom. The van der Waals surface area contributed by atoms with Gasteiger partial charge in [-0.3, -0.25) is 4.99 Å². The smallest absolute Gasteiger partial charge is 0.188 e. The SMILES string of the molecule is COc1cc(CCNC(N)=NCCC(C)C)ccc1F.I. The zero-order valence-corrected chi connectivity index (χ0v) is 15.2. The molecule has 0 atom stereocenters. The highest BCUT2D eigenvalue weighted by molar-refractivity contribution is 14.0. The first kappa shape index (κ1) is 19.9. The number of benzene rings is 1. The Morgan fingerprint density at radius 1 is 1.43 bits per heavy atom. The van der Waals surface area contributed by atoms with Crippen LogP contribution in [-0.4, -0.2) is 26.2 Å². The molecule has 4 nitrogen and oxygen atoms in total. The molecule has 0 spiro atoms. The largest absolute Gasteiger partial charge is 0.494 e. The Bertz CT molecular complexity index is 453. The summed E-state index contributed by atoms with van der Waals surface area (Å²) in [6, 6.07) is 4.85. The third-order valence-electron chi connectivity index (χ3n) is 2.92. The van der Waals surface area contributed by atoms with Crippen molar-refractivity contribution in [3.05, 3.63) is 29.6 Å². The Kier molecular flexibility index (Phi) is 10.1. The second-order valence-corrected chi connectivity index (χ2v) is 5.10. The highest BCUT2D eigenvalue weighted by Gasteiger charge is 2.03. The summed E-state index contributed by atoms with van der Waals surface area (Å²) in [7, 11) is 1.46. The maximum atomic E-state index is 13.2. The number of methoxy groups -OCH3 is 1. The van der Waals surface area contributed by atoms with E-state index in [9.17, 15) is 4.39 Å². The Morgan fingerprint density at radius 3 is 2.76 bits per heavy atom. The van der Waals surface area contributed by atoms with Crippen molar-refractivity contribution < 1.29 is 9.13 Å². The molecular formula is C15H25FIN3O. The molecule has 0 bridgehead atoms. The topological polar surface area (TPSA) is 59.6 Å². The van der Waals surface area contributed by atoms with Crippen LogP contribution in [0.15, 0.2) is 23.2 Å². The van der Waals surface area contributed by atoms with Crippen LogP contribution in [0.1, 0.15) is 25.8 Å². The van der Waals surface area contributed by atoms with E-state index in [1.54, 1.807) is 12.1 Å². The van der Waals surface area contributed by atoms with Crippen molar-refractivity contribution >= 4 is 29.9 Å². The lowest BCUT2D eigenvalue weighted by atomic mass is 10.1. The van der Waals surface area contributed by atoms with E-state index in [1.807, 2.05) is 0 Å². The van der Waals surface area contributed by atoms with E-state index in [-0.39, 0.29) is 35.5 Å². The van der Waals surface area contributed by atoms with Gasteiger partial charge in [0.15, 0.2) is 17.5 Å². The van der Waals surface area contributed by atoms with Crippen LogP contribution in [0.2, 0.25) is 0 Å². The van der Waals surface area contributed by atoms with Gasteiger partial charge in [0, 0.05) is 13.1 Å². The molecule has 120 valence electrons. The van der Waals surface area contributed by atoms with Gasteiger partial charge >= 0.3 is 0 Å². The van der Waals surface area contributed by atoms with Gasteiger partial charge in [0.1, 0.15) is 0 Å². The average Bonchev–Trinajstić information content (AvgIpc) is 2.40. The molecule has 0 amide bonds. The second-order valence-electron chi connectivity index (χ2n) is 5.10. The normalized spacial score (nSPS) is 11.2. The monoisotopic (exact) mass is 409 g/mol. The lowest BCUT2D eigenvalue weighted by molar-refractivity contribution is 0.386. The number of hydrogen-bond donors (Lipinski definition) is 2. The van der Waals surface area contributed by atoms with Crippen molar-refractivity contribution in [3.8, 4) is 5.75 Å². The highest BCUT2D eigenvalue weighted by atomic mass is 127. The first-order valence-corrected chi connectivity index (χ1v) is 6.89. The molecule has 1 rings (SSSR count). The van der Waals surface area contributed by atoms with E-state index in [0.29, 0.717) is 18.4 Å². The summed E-state index contributed by atoms with van der Waals surface area (Å²) in [5.74, 6) is 0.998. The van der Waals surface area contributed by atoms with Crippen molar-refractivity contribution in [2.24, 2.45) is 16.6 Å². The van der Waals surface area contributed by atoms with Crippen molar-refractivity contribution in [1.82, 2.24) is 5.32 Å². The fourth-order valence-electron chi connectivity index (χ4n) is 1.69. The molecule has 0 saturated carbocycles. The molecule has 1 aromatic carbocycles. The number of halogens is 2. The first-order chi connectivity index (χ1) is 9.52. The van der Waals surface area contributed by atoms with Crippen LogP contribution in [0, 0.1) is 11.7 Å². The molecule has 0 saturated heterocycles. The molecule has 0 heterocycles. The number of aliphatic imine (C=N–C) groups is 1. The van der Waals surface area contributed by atoms with E-state index >= 15 is 0 Å². The molecule has 0 aliphatic rings.